The third kappa shape index (κ3) is 4.43. The molecule has 3 saturated heterocycles. The third-order valence-electron chi connectivity index (χ3n) is 8.30. The normalized spacial score (nSPS) is 29.2. The lowest BCUT2D eigenvalue weighted by Crippen LogP contribution is -2.57. The highest BCUT2D eigenvalue weighted by molar-refractivity contribution is 8.02. The largest absolute Gasteiger partial charge is 0.461 e. The first-order valence-electron chi connectivity index (χ1n) is 13.4. The fourth-order valence-corrected chi connectivity index (χ4v) is 9.09. The summed E-state index contributed by atoms with van der Waals surface area (Å²) in [7, 11) is 0. The molecule has 3 heterocycles. The zero-order valence-electron chi connectivity index (χ0n) is 22.5. The molecular formula is C29H39N3O5S. The summed E-state index contributed by atoms with van der Waals surface area (Å²) in [6.07, 6.45) is 3.91. The number of aliphatic hydroxyl groups is 1. The molecule has 206 valence electrons. The number of rotatable bonds is 12. The Morgan fingerprint density at radius 3 is 2.42 bits per heavy atom. The average molecular weight is 542 g/mol. The van der Waals surface area contributed by atoms with Gasteiger partial charge in [-0.2, -0.15) is 0 Å². The van der Waals surface area contributed by atoms with Crippen LogP contribution in [0.2, 0.25) is 0 Å². The Morgan fingerprint density at radius 1 is 1.18 bits per heavy atom. The van der Waals surface area contributed by atoms with E-state index in [2.05, 4.69) is 38.8 Å². The van der Waals surface area contributed by atoms with E-state index < -0.39 is 28.6 Å². The lowest BCUT2D eigenvalue weighted by atomic mass is 9.66. The molecule has 0 aliphatic carbocycles. The Balaban J connectivity index is 1.73. The van der Waals surface area contributed by atoms with E-state index in [4.69, 9.17) is 4.74 Å². The van der Waals surface area contributed by atoms with Crippen molar-refractivity contribution in [2.75, 3.05) is 49.2 Å². The van der Waals surface area contributed by atoms with Crippen LogP contribution >= 0.6 is 11.8 Å². The molecule has 1 N–H and O–H groups in total. The summed E-state index contributed by atoms with van der Waals surface area (Å²) in [5, 5.41) is 9.78. The highest BCUT2D eigenvalue weighted by Gasteiger charge is 2.76. The molecular weight excluding hydrogens is 502 g/mol. The number of ether oxygens (including phenoxy) is 1. The Kier molecular flexibility index (Phi) is 8.57. The average Bonchev–Trinajstić information content (AvgIpc) is 3.51. The molecule has 3 unspecified atom stereocenters. The van der Waals surface area contributed by atoms with E-state index in [0.29, 0.717) is 5.69 Å². The first-order chi connectivity index (χ1) is 18.3. The molecule has 8 nitrogen and oxygen atoms in total. The molecule has 38 heavy (non-hydrogen) atoms. The number of benzene rings is 1. The molecule has 0 radical (unpaired) electrons. The maximum Gasteiger partial charge on any atom is 0.311 e. The van der Waals surface area contributed by atoms with Crippen molar-refractivity contribution in [3.63, 3.8) is 0 Å². The number of amides is 2. The number of nitrogens with zero attached hydrogens (tertiary/aromatic N) is 3. The van der Waals surface area contributed by atoms with E-state index in [1.165, 1.54) is 11.0 Å². The number of esters is 1. The van der Waals surface area contributed by atoms with Crippen LogP contribution < -0.4 is 9.80 Å². The Hall–Kier alpha value is -2.78. The highest BCUT2D eigenvalue weighted by atomic mass is 32.2. The van der Waals surface area contributed by atoms with E-state index in [9.17, 15) is 19.5 Å². The van der Waals surface area contributed by atoms with Gasteiger partial charge in [-0.15, -0.1) is 18.3 Å². The minimum atomic E-state index is -0.809. The standard InChI is InChI=1S/C29H39N3O5S/c1-6-14-31(21-12-10-20(11-13-21)30(8-3)9-4)27(35)25-29-19(5)18-22(38-29)23(28(36)37-17-7-2)24(29)26(34)32(25)15-16-33/h6-7,10-13,19,22-25,33H,1-2,8-9,14-18H2,3-5H3/t19?,22-,23+,24+,25?,29?/m1/s1. The summed E-state index contributed by atoms with van der Waals surface area (Å²) >= 11 is 1.59. The van der Waals surface area contributed by atoms with E-state index in [0.717, 1.165) is 25.2 Å². The van der Waals surface area contributed by atoms with E-state index >= 15 is 0 Å². The van der Waals surface area contributed by atoms with Crippen LogP contribution in [0, 0.1) is 17.8 Å². The van der Waals surface area contributed by atoms with Gasteiger partial charge in [-0.05, 0) is 50.5 Å². The molecule has 3 fully saturated rings. The molecule has 2 bridgehead atoms. The minimum Gasteiger partial charge on any atom is -0.461 e. The van der Waals surface area contributed by atoms with Gasteiger partial charge in [0.25, 0.3) is 5.91 Å². The molecule has 0 saturated carbocycles. The van der Waals surface area contributed by atoms with E-state index in [-0.39, 0.29) is 49.3 Å². The van der Waals surface area contributed by atoms with E-state index in [1.54, 1.807) is 22.7 Å². The van der Waals surface area contributed by atoms with Gasteiger partial charge >= 0.3 is 5.97 Å². The molecule has 1 aromatic rings. The second kappa shape index (κ2) is 11.5. The number of thioether (sulfide) groups is 1. The van der Waals surface area contributed by atoms with Crippen LogP contribution in [-0.4, -0.2) is 83.2 Å². The second-order valence-corrected chi connectivity index (χ2v) is 11.7. The molecule has 1 aromatic carbocycles. The van der Waals surface area contributed by atoms with Gasteiger partial charge in [0.2, 0.25) is 5.91 Å². The van der Waals surface area contributed by atoms with Crippen LogP contribution in [-0.2, 0) is 19.1 Å². The summed E-state index contributed by atoms with van der Waals surface area (Å²) in [5.41, 5.74) is 1.79. The van der Waals surface area contributed by atoms with Crippen molar-refractivity contribution in [3.8, 4) is 0 Å². The maximum atomic E-state index is 14.5. The van der Waals surface area contributed by atoms with Gasteiger partial charge in [-0.1, -0.05) is 25.7 Å². The van der Waals surface area contributed by atoms with Gasteiger partial charge in [0.15, 0.2) is 0 Å². The van der Waals surface area contributed by atoms with Crippen LogP contribution in [0.5, 0.6) is 0 Å². The molecule has 9 heteroatoms. The number of aliphatic hydroxyl groups excluding tert-OH is 1. The molecule has 1 spiro atoms. The number of anilines is 2. The number of carbonyl (C=O) groups is 3. The Labute approximate surface area is 229 Å². The molecule has 0 aromatic heterocycles. The van der Waals surface area contributed by atoms with Crippen molar-refractivity contribution >= 4 is 40.9 Å². The van der Waals surface area contributed by atoms with Crippen LogP contribution in [0.1, 0.15) is 27.2 Å². The van der Waals surface area contributed by atoms with Crippen molar-refractivity contribution in [2.24, 2.45) is 17.8 Å². The fraction of sp³-hybridized carbons (Fsp3) is 0.552. The van der Waals surface area contributed by atoms with Crippen LogP contribution in [0.15, 0.2) is 49.6 Å². The fourth-order valence-electron chi connectivity index (χ4n) is 6.68. The first kappa shape index (κ1) is 28.2. The number of β-amino-alcohol motifs (C(OH)–C–C–N with tert-alkyl or cyclic N) is 1. The number of fused-ring (bicyclic) bond motifs is 1. The number of hydrogen-bond donors (Lipinski definition) is 1. The van der Waals surface area contributed by atoms with Crippen molar-refractivity contribution < 1.29 is 24.2 Å². The molecule has 6 atom stereocenters. The predicted octanol–water partition coefficient (Wildman–Crippen LogP) is 3.11. The Bertz CT molecular complexity index is 1070. The van der Waals surface area contributed by atoms with Gasteiger partial charge in [-0.25, -0.2) is 0 Å². The lowest BCUT2D eigenvalue weighted by Gasteiger charge is -2.40. The van der Waals surface area contributed by atoms with Crippen molar-refractivity contribution in [3.05, 3.63) is 49.6 Å². The van der Waals surface area contributed by atoms with Crippen LogP contribution in [0.3, 0.4) is 0 Å². The molecule has 2 amide bonds. The van der Waals surface area contributed by atoms with Gasteiger partial charge in [0.05, 0.1) is 23.2 Å². The summed E-state index contributed by atoms with van der Waals surface area (Å²) in [4.78, 5) is 46.9. The quantitative estimate of drug-likeness (QED) is 0.321. The van der Waals surface area contributed by atoms with Gasteiger partial charge < -0.3 is 24.5 Å². The van der Waals surface area contributed by atoms with Crippen LogP contribution in [0.4, 0.5) is 11.4 Å². The third-order valence-corrected chi connectivity index (χ3v) is 10.4. The van der Waals surface area contributed by atoms with Gasteiger partial charge in [0, 0.05) is 42.8 Å². The predicted molar refractivity (Wildman–Crippen MR) is 151 cm³/mol. The minimum absolute atomic E-state index is 0.0304. The van der Waals surface area contributed by atoms with Crippen LogP contribution in [0.25, 0.3) is 0 Å². The smallest absolute Gasteiger partial charge is 0.311 e. The van der Waals surface area contributed by atoms with Crippen molar-refractivity contribution in [2.45, 2.75) is 43.2 Å². The van der Waals surface area contributed by atoms with Gasteiger partial charge in [0.1, 0.15) is 12.6 Å². The first-order valence-corrected chi connectivity index (χ1v) is 14.3. The molecule has 3 aliphatic rings. The maximum absolute atomic E-state index is 14.5. The highest BCUT2D eigenvalue weighted by Crippen LogP contribution is 2.68. The summed E-state index contributed by atoms with van der Waals surface area (Å²) in [6, 6.07) is 7.05. The molecule has 4 rings (SSSR count). The lowest BCUT2D eigenvalue weighted by molar-refractivity contribution is -0.153. The summed E-state index contributed by atoms with van der Waals surface area (Å²) < 4.78 is 4.64. The zero-order valence-corrected chi connectivity index (χ0v) is 23.4. The number of hydrogen-bond acceptors (Lipinski definition) is 7. The van der Waals surface area contributed by atoms with Gasteiger partial charge in [-0.3, -0.25) is 14.4 Å². The topological polar surface area (TPSA) is 90.4 Å². The van der Waals surface area contributed by atoms with E-state index in [1.807, 2.05) is 24.3 Å². The zero-order chi connectivity index (χ0) is 27.6. The molecule has 3 aliphatic heterocycles. The summed E-state index contributed by atoms with van der Waals surface area (Å²) in [5.74, 6) is -2.15. The summed E-state index contributed by atoms with van der Waals surface area (Å²) in [6.45, 7) is 15.6. The number of likely N-dealkylation sites (tertiary alicyclic amines) is 1. The SMILES string of the molecule is C=CCOC(=O)[C@@H]1[C@H]2C(=O)N(CCO)C(C(=O)N(CC=C)c3ccc(N(CC)CC)cc3)C23S[C@@H]1CC3C. The monoisotopic (exact) mass is 541 g/mol. The Morgan fingerprint density at radius 2 is 1.84 bits per heavy atom. The number of carbonyl (C=O) groups excluding carboxylic acids is 3. The van der Waals surface area contributed by atoms with Crippen molar-refractivity contribution in [1.82, 2.24) is 4.90 Å². The van der Waals surface area contributed by atoms with Crippen molar-refractivity contribution in [1.29, 1.82) is 0 Å². The second-order valence-electron chi connectivity index (χ2n) is 10.2.